The van der Waals surface area contributed by atoms with Gasteiger partial charge in [-0.25, -0.2) is 9.97 Å². The number of hydrogen-bond acceptors (Lipinski definition) is 4. The van der Waals surface area contributed by atoms with Crippen molar-refractivity contribution in [3.8, 4) is 0 Å². The lowest BCUT2D eigenvalue weighted by Gasteiger charge is -2.38. The molecule has 1 unspecified atom stereocenters. The van der Waals surface area contributed by atoms with Gasteiger partial charge in [0.15, 0.2) is 0 Å². The van der Waals surface area contributed by atoms with Gasteiger partial charge in [0.2, 0.25) is 0 Å². The minimum atomic E-state index is 0.281. The fourth-order valence-electron chi connectivity index (χ4n) is 5.13. The molecule has 4 heteroatoms. The van der Waals surface area contributed by atoms with E-state index in [1.165, 1.54) is 60.7 Å². The van der Waals surface area contributed by atoms with E-state index in [0.717, 1.165) is 13.0 Å². The Morgan fingerprint density at radius 1 is 1.12 bits per heavy atom. The van der Waals surface area contributed by atoms with E-state index < -0.39 is 0 Å². The Morgan fingerprint density at radius 3 is 2.76 bits per heavy atom. The topological polar surface area (TPSA) is 32.3 Å². The lowest BCUT2D eigenvalue weighted by Crippen LogP contribution is -2.43. The van der Waals surface area contributed by atoms with Crippen molar-refractivity contribution >= 4 is 11.5 Å². The largest absolute Gasteiger partial charge is 0.325 e. The van der Waals surface area contributed by atoms with Crippen molar-refractivity contribution in [1.29, 1.82) is 0 Å². The van der Waals surface area contributed by atoms with Crippen molar-refractivity contribution in [2.24, 2.45) is 0 Å². The number of rotatable bonds is 1. The van der Waals surface area contributed by atoms with Crippen LogP contribution < -0.4 is 4.90 Å². The second-order valence-corrected chi connectivity index (χ2v) is 8.18. The van der Waals surface area contributed by atoms with Gasteiger partial charge in [-0.05, 0) is 63.4 Å². The molecule has 1 aromatic heterocycles. The van der Waals surface area contributed by atoms with Crippen molar-refractivity contribution in [1.82, 2.24) is 14.9 Å². The van der Waals surface area contributed by atoms with Crippen LogP contribution in [0.4, 0.5) is 11.5 Å². The van der Waals surface area contributed by atoms with Crippen molar-refractivity contribution in [2.45, 2.75) is 43.9 Å². The van der Waals surface area contributed by atoms with Gasteiger partial charge in [-0.3, -0.25) is 0 Å². The van der Waals surface area contributed by atoms with Crippen molar-refractivity contribution in [3.63, 3.8) is 0 Å². The van der Waals surface area contributed by atoms with E-state index in [9.17, 15) is 0 Å². The van der Waals surface area contributed by atoms with Crippen LogP contribution in [0.2, 0.25) is 0 Å². The smallest absolute Gasteiger partial charge is 0.140 e. The number of nitrogens with zero attached hydrogens (tertiary/aromatic N) is 4. The van der Waals surface area contributed by atoms with Crippen molar-refractivity contribution < 1.29 is 0 Å². The number of aromatic nitrogens is 2. The Kier molecular flexibility index (Phi) is 3.39. The summed E-state index contributed by atoms with van der Waals surface area (Å²) in [6, 6.07) is 9.02. The van der Waals surface area contributed by atoms with Gasteiger partial charge < -0.3 is 9.80 Å². The minimum absolute atomic E-state index is 0.281. The molecule has 3 heterocycles. The van der Waals surface area contributed by atoms with Crippen LogP contribution in [0, 0.1) is 0 Å². The highest BCUT2D eigenvalue weighted by Crippen LogP contribution is 2.51. The van der Waals surface area contributed by atoms with E-state index in [4.69, 9.17) is 4.98 Å². The maximum absolute atomic E-state index is 4.78. The van der Waals surface area contributed by atoms with Gasteiger partial charge in [0.05, 0.1) is 0 Å². The average molecular weight is 334 g/mol. The van der Waals surface area contributed by atoms with Crippen LogP contribution in [0.15, 0.2) is 30.6 Å². The predicted molar refractivity (Wildman–Crippen MR) is 101 cm³/mol. The molecule has 1 fully saturated rings. The Hall–Kier alpha value is -1.94. The van der Waals surface area contributed by atoms with E-state index in [1.54, 1.807) is 6.33 Å². The Bertz CT molecular complexity index is 807. The van der Waals surface area contributed by atoms with Crippen LogP contribution in [0.3, 0.4) is 0 Å². The molecule has 130 valence electrons. The second-order valence-electron chi connectivity index (χ2n) is 8.18. The summed E-state index contributed by atoms with van der Waals surface area (Å²) in [5, 5.41) is 0. The molecule has 0 amide bonds. The van der Waals surface area contributed by atoms with Crippen molar-refractivity contribution in [3.05, 3.63) is 47.4 Å². The number of anilines is 2. The Balaban J connectivity index is 1.62. The monoisotopic (exact) mass is 334 g/mol. The molecule has 1 aromatic carbocycles. The highest BCUT2D eigenvalue weighted by atomic mass is 15.2. The van der Waals surface area contributed by atoms with E-state index >= 15 is 0 Å². The fourth-order valence-corrected chi connectivity index (χ4v) is 5.13. The highest BCUT2D eigenvalue weighted by molar-refractivity contribution is 5.73. The van der Waals surface area contributed by atoms with E-state index in [2.05, 4.69) is 53.0 Å². The third kappa shape index (κ3) is 2.23. The fraction of sp³-hybridized carbons (Fsp3) is 0.524. The highest BCUT2D eigenvalue weighted by Gasteiger charge is 2.45. The lowest BCUT2D eigenvalue weighted by atomic mass is 9.74. The molecule has 2 aliphatic heterocycles. The van der Waals surface area contributed by atoms with E-state index in [-0.39, 0.29) is 5.41 Å². The number of piperidine rings is 1. The molecule has 0 radical (unpaired) electrons. The number of likely N-dealkylation sites (tertiary alicyclic amines) is 1. The molecule has 2 aromatic rings. The number of para-hydroxylation sites is 1. The normalized spacial score (nSPS) is 24.6. The number of aryl methyl sites for hydroxylation is 1. The zero-order valence-electron chi connectivity index (χ0n) is 15.2. The first kappa shape index (κ1) is 15.3. The summed E-state index contributed by atoms with van der Waals surface area (Å²) in [5.41, 5.74) is 5.83. The maximum atomic E-state index is 4.78. The summed E-state index contributed by atoms with van der Waals surface area (Å²) in [6.45, 7) is 5.75. The van der Waals surface area contributed by atoms with Gasteiger partial charge in [-0.15, -0.1) is 0 Å². The average Bonchev–Trinajstić information content (AvgIpc) is 3.18. The molecule has 5 rings (SSSR count). The van der Waals surface area contributed by atoms with Gasteiger partial charge in [0, 0.05) is 28.9 Å². The molecule has 25 heavy (non-hydrogen) atoms. The standard InChI is InChI=1S/C21H26N4/c1-15-7-8-17-19(15)20(23-14-22-17)25-13-21(9-11-24(2)12-10-21)16-5-3-4-6-18(16)25/h3-6,14-15H,7-13H2,1-2H3. The minimum Gasteiger partial charge on any atom is -0.325 e. The molecule has 0 bridgehead atoms. The first-order chi connectivity index (χ1) is 12.2. The first-order valence-electron chi connectivity index (χ1n) is 9.57. The SMILES string of the molecule is CC1CCc2ncnc(N3CC4(CCN(C)CC4)c4ccccc43)c21. The van der Waals surface area contributed by atoms with Gasteiger partial charge >= 0.3 is 0 Å². The van der Waals surface area contributed by atoms with Crippen LogP contribution in [0.25, 0.3) is 0 Å². The molecule has 0 saturated carbocycles. The molecule has 1 aliphatic carbocycles. The van der Waals surface area contributed by atoms with Crippen LogP contribution >= 0.6 is 0 Å². The third-order valence-corrected chi connectivity index (χ3v) is 6.68. The Morgan fingerprint density at radius 2 is 1.92 bits per heavy atom. The van der Waals surface area contributed by atoms with Crippen LogP contribution in [0.5, 0.6) is 0 Å². The number of fused-ring (bicyclic) bond motifs is 3. The summed E-state index contributed by atoms with van der Waals surface area (Å²) >= 11 is 0. The molecular formula is C21H26N4. The lowest BCUT2D eigenvalue weighted by molar-refractivity contribution is 0.198. The summed E-state index contributed by atoms with van der Waals surface area (Å²) in [4.78, 5) is 14.3. The summed E-state index contributed by atoms with van der Waals surface area (Å²) in [5.74, 6) is 1.73. The zero-order valence-corrected chi connectivity index (χ0v) is 15.2. The third-order valence-electron chi connectivity index (χ3n) is 6.68. The van der Waals surface area contributed by atoms with Gasteiger partial charge in [-0.2, -0.15) is 0 Å². The van der Waals surface area contributed by atoms with E-state index in [0.29, 0.717) is 5.92 Å². The van der Waals surface area contributed by atoms with Crippen LogP contribution in [-0.2, 0) is 11.8 Å². The quantitative estimate of drug-likeness (QED) is 0.797. The van der Waals surface area contributed by atoms with Gasteiger partial charge in [0.25, 0.3) is 0 Å². The Labute approximate surface area is 149 Å². The first-order valence-corrected chi connectivity index (χ1v) is 9.57. The molecule has 4 nitrogen and oxygen atoms in total. The number of hydrogen-bond donors (Lipinski definition) is 0. The maximum Gasteiger partial charge on any atom is 0.140 e. The molecule has 1 atom stereocenters. The molecule has 3 aliphatic rings. The second kappa shape index (κ2) is 5.53. The van der Waals surface area contributed by atoms with Gasteiger partial charge in [-0.1, -0.05) is 25.1 Å². The molecule has 1 spiro atoms. The summed E-state index contributed by atoms with van der Waals surface area (Å²) in [6.07, 6.45) is 6.54. The van der Waals surface area contributed by atoms with Crippen LogP contribution in [0.1, 0.15) is 48.9 Å². The molecule has 1 saturated heterocycles. The van der Waals surface area contributed by atoms with Crippen LogP contribution in [-0.4, -0.2) is 41.5 Å². The van der Waals surface area contributed by atoms with Gasteiger partial charge in [0.1, 0.15) is 12.1 Å². The summed E-state index contributed by atoms with van der Waals surface area (Å²) in [7, 11) is 2.24. The predicted octanol–water partition coefficient (Wildman–Crippen LogP) is 3.64. The summed E-state index contributed by atoms with van der Waals surface area (Å²) < 4.78 is 0. The molecular weight excluding hydrogens is 308 g/mol. The van der Waals surface area contributed by atoms with Crippen molar-refractivity contribution in [2.75, 3.05) is 31.6 Å². The molecule has 0 N–H and O–H groups in total. The number of benzene rings is 1. The zero-order chi connectivity index (χ0) is 17.0. The van der Waals surface area contributed by atoms with E-state index in [1.807, 2.05) is 0 Å².